The lowest BCUT2D eigenvalue weighted by Crippen LogP contribution is -2.35. The van der Waals surface area contributed by atoms with Crippen molar-refractivity contribution in [1.82, 2.24) is 9.80 Å². The fraction of sp³-hybridized carbons (Fsp3) is 0.600. The summed E-state index contributed by atoms with van der Waals surface area (Å²) in [6, 6.07) is 0. The Morgan fingerprint density at radius 1 is 0.889 bits per heavy atom. The van der Waals surface area contributed by atoms with Crippen LogP contribution in [0.4, 0.5) is 9.59 Å². The van der Waals surface area contributed by atoms with Gasteiger partial charge >= 0.3 is 12.2 Å². The van der Waals surface area contributed by atoms with Crippen molar-refractivity contribution >= 4 is 24.0 Å². The summed E-state index contributed by atoms with van der Waals surface area (Å²) in [4.78, 5) is 47.3. The molecule has 8 nitrogen and oxygen atoms in total. The van der Waals surface area contributed by atoms with Crippen LogP contribution < -0.4 is 0 Å². The van der Waals surface area contributed by atoms with Crippen LogP contribution in [0.2, 0.25) is 0 Å². The molecule has 0 aromatic heterocycles. The molecule has 0 radical (unpaired) electrons. The molecule has 0 aliphatic carbocycles. The van der Waals surface area contributed by atoms with Crippen LogP contribution in [-0.4, -0.2) is 60.1 Å². The van der Waals surface area contributed by atoms with Crippen LogP contribution in [0.3, 0.4) is 0 Å². The Bertz CT molecular complexity index is 369. The first-order valence-electron chi connectivity index (χ1n) is 5.54. The summed E-state index contributed by atoms with van der Waals surface area (Å²) in [5.41, 5.74) is 0. The van der Waals surface area contributed by atoms with Gasteiger partial charge < -0.3 is 9.47 Å². The summed E-state index contributed by atoms with van der Waals surface area (Å²) >= 11 is 0. The molecule has 2 aliphatic heterocycles. The summed E-state index contributed by atoms with van der Waals surface area (Å²) in [5, 5.41) is 0. The summed E-state index contributed by atoms with van der Waals surface area (Å²) in [5.74, 6) is -0.947. The second kappa shape index (κ2) is 5.03. The number of ether oxygens (including phenoxy) is 2. The summed E-state index contributed by atoms with van der Waals surface area (Å²) < 4.78 is 9.21. The zero-order chi connectivity index (χ0) is 13.1. The number of carbonyl (C=O) groups excluding carboxylic acids is 4. The van der Waals surface area contributed by atoms with Crippen molar-refractivity contribution < 1.29 is 28.7 Å². The van der Waals surface area contributed by atoms with Crippen molar-refractivity contribution in [1.29, 1.82) is 0 Å². The van der Waals surface area contributed by atoms with Gasteiger partial charge in [0, 0.05) is 12.8 Å². The molecule has 2 heterocycles. The van der Waals surface area contributed by atoms with E-state index in [-0.39, 0.29) is 39.1 Å². The summed E-state index contributed by atoms with van der Waals surface area (Å²) in [6.45, 7) is 0.767. The van der Waals surface area contributed by atoms with Crippen LogP contribution in [0.1, 0.15) is 12.8 Å². The zero-order valence-corrected chi connectivity index (χ0v) is 9.59. The first kappa shape index (κ1) is 12.3. The third-order valence-electron chi connectivity index (χ3n) is 2.68. The second-order valence-electron chi connectivity index (χ2n) is 3.82. The average Bonchev–Trinajstić information content (AvgIpc) is 2.94. The number of carbonyl (C=O) groups is 4. The van der Waals surface area contributed by atoms with Crippen molar-refractivity contribution in [2.45, 2.75) is 12.8 Å². The van der Waals surface area contributed by atoms with E-state index in [1.54, 1.807) is 0 Å². The van der Waals surface area contributed by atoms with E-state index in [0.29, 0.717) is 0 Å². The molecule has 2 aliphatic rings. The SMILES string of the molecule is O=C(CCC(=O)N1CCOC1=O)N1CCOC1=O. The Balaban J connectivity index is 1.80. The minimum atomic E-state index is -0.687. The molecule has 18 heavy (non-hydrogen) atoms. The van der Waals surface area contributed by atoms with E-state index in [9.17, 15) is 19.2 Å². The highest BCUT2D eigenvalue weighted by molar-refractivity contribution is 5.97. The van der Waals surface area contributed by atoms with Gasteiger partial charge in [-0.3, -0.25) is 9.59 Å². The molecule has 0 atom stereocenters. The van der Waals surface area contributed by atoms with Gasteiger partial charge in [0.2, 0.25) is 11.8 Å². The van der Waals surface area contributed by atoms with Crippen molar-refractivity contribution in [3.05, 3.63) is 0 Å². The number of amides is 4. The maximum atomic E-state index is 11.6. The van der Waals surface area contributed by atoms with E-state index >= 15 is 0 Å². The number of hydrogen-bond donors (Lipinski definition) is 0. The predicted octanol–water partition coefficient (Wildman–Crippen LogP) is -0.276. The molecule has 0 aromatic rings. The van der Waals surface area contributed by atoms with E-state index in [1.165, 1.54) is 0 Å². The minimum absolute atomic E-state index is 0.127. The van der Waals surface area contributed by atoms with E-state index in [4.69, 9.17) is 0 Å². The van der Waals surface area contributed by atoms with Gasteiger partial charge in [0.15, 0.2) is 0 Å². The van der Waals surface area contributed by atoms with Crippen LogP contribution in [0.25, 0.3) is 0 Å². The summed E-state index contributed by atoms with van der Waals surface area (Å²) in [7, 11) is 0. The molecule has 98 valence electrons. The fourth-order valence-corrected chi connectivity index (χ4v) is 1.72. The number of hydrogen-bond acceptors (Lipinski definition) is 6. The van der Waals surface area contributed by atoms with E-state index < -0.39 is 24.0 Å². The lowest BCUT2D eigenvalue weighted by molar-refractivity contribution is -0.133. The molecule has 8 heteroatoms. The lowest BCUT2D eigenvalue weighted by atomic mass is 10.2. The smallest absolute Gasteiger partial charge is 0.416 e. The molecule has 0 spiro atoms. The molecule has 0 N–H and O–H groups in total. The molecular formula is C10H12N2O6. The number of cyclic esters (lactones) is 2. The Hall–Kier alpha value is -2.12. The first-order valence-corrected chi connectivity index (χ1v) is 5.54. The Morgan fingerprint density at radius 2 is 1.28 bits per heavy atom. The van der Waals surface area contributed by atoms with E-state index in [1.807, 2.05) is 0 Å². The van der Waals surface area contributed by atoms with Crippen LogP contribution in [0, 0.1) is 0 Å². The molecule has 2 saturated heterocycles. The Morgan fingerprint density at radius 3 is 1.56 bits per heavy atom. The highest BCUT2D eigenvalue weighted by atomic mass is 16.6. The van der Waals surface area contributed by atoms with Crippen molar-refractivity contribution in [2.75, 3.05) is 26.3 Å². The van der Waals surface area contributed by atoms with Crippen LogP contribution in [0.15, 0.2) is 0 Å². The van der Waals surface area contributed by atoms with Crippen molar-refractivity contribution in [3.63, 3.8) is 0 Å². The van der Waals surface area contributed by atoms with Gasteiger partial charge in [-0.2, -0.15) is 0 Å². The number of rotatable bonds is 3. The monoisotopic (exact) mass is 256 g/mol. The standard InChI is InChI=1S/C10H12N2O6/c13-7(11-3-5-17-9(11)15)1-2-8(14)12-4-6-18-10(12)16/h1-6H2. The topological polar surface area (TPSA) is 93.2 Å². The molecule has 4 amide bonds. The van der Waals surface area contributed by atoms with Gasteiger partial charge in [-0.25, -0.2) is 19.4 Å². The average molecular weight is 256 g/mol. The highest BCUT2D eigenvalue weighted by Gasteiger charge is 2.31. The molecule has 0 bridgehead atoms. The van der Waals surface area contributed by atoms with E-state index in [0.717, 1.165) is 9.80 Å². The quantitative estimate of drug-likeness (QED) is 0.689. The van der Waals surface area contributed by atoms with Gasteiger partial charge in [-0.1, -0.05) is 0 Å². The van der Waals surface area contributed by atoms with Gasteiger partial charge in [0.05, 0.1) is 13.1 Å². The highest BCUT2D eigenvalue weighted by Crippen LogP contribution is 2.10. The molecule has 2 fully saturated rings. The largest absolute Gasteiger partial charge is 0.447 e. The third kappa shape index (κ3) is 2.41. The van der Waals surface area contributed by atoms with E-state index in [2.05, 4.69) is 9.47 Å². The molecule has 0 unspecified atom stereocenters. The van der Waals surface area contributed by atoms with Crippen molar-refractivity contribution in [2.24, 2.45) is 0 Å². The molecule has 2 rings (SSSR count). The lowest BCUT2D eigenvalue weighted by Gasteiger charge is -2.12. The number of imide groups is 2. The third-order valence-corrected chi connectivity index (χ3v) is 2.68. The van der Waals surface area contributed by atoms with Gasteiger partial charge in [0.1, 0.15) is 13.2 Å². The van der Waals surface area contributed by atoms with Crippen LogP contribution in [0.5, 0.6) is 0 Å². The van der Waals surface area contributed by atoms with Crippen LogP contribution in [-0.2, 0) is 19.1 Å². The van der Waals surface area contributed by atoms with Gasteiger partial charge in [-0.05, 0) is 0 Å². The molecule has 0 aromatic carbocycles. The fourth-order valence-electron chi connectivity index (χ4n) is 1.72. The number of nitrogens with zero attached hydrogens (tertiary/aromatic N) is 2. The normalized spacial score (nSPS) is 18.9. The predicted molar refractivity (Wildman–Crippen MR) is 55.4 cm³/mol. The van der Waals surface area contributed by atoms with Gasteiger partial charge in [-0.15, -0.1) is 0 Å². The molecular weight excluding hydrogens is 244 g/mol. The minimum Gasteiger partial charge on any atom is -0.447 e. The second-order valence-corrected chi connectivity index (χ2v) is 3.82. The van der Waals surface area contributed by atoms with Gasteiger partial charge in [0.25, 0.3) is 0 Å². The zero-order valence-electron chi connectivity index (χ0n) is 9.59. The van der Waals surface area contributed by atoms with Crippen LogP contribution >= 0.6 is 0 Å². The maximum absolute atomic E-state index is 11.6. The summed E-state index contributed by atoms with van der Waals surface area (Å²) in [6.07, 6.45) is -1.63. The van der Waals surface area contributed by atoms with Crippen molar-refractivity contribution in [3.8, 4) is 0 Å². The first-order chi connectivity index (χ1) is 8.59. The maximum Gasteiger partial charge on any atom is 0.416 e. The Kier molecular flexibility index (Phi) is 3.45. The molecule has 0 saturated carbocycles. The Labute approximate surface area is 102 Å².